The van der Waals surface area contributed by atoms with Gasteiger partial charge in [0.1, 0.15) is 12.2 Å². The molecule has 2 rings (SSSR count). The maximum absolute atomic E-state index is 11.6. The molecule has 1 aromatic heterocycles. The minimum Gasteiger partial charge on any atom is -0.377 e. The van der Waals surface area contributed by atoms with Gasteiger partial charge in [-0.25, -0.2) is 18.1 Å². The van der Waals surface area contributed by atoms with Crippen LogP contribution in [0.2, 0.25) is 0 Å². The average molecular weight is 246 g/mol. The van der Waals surface area contributed by atoms with Crippen LogP contribution in [0.1, 0.15) is 18.7 Å². The van der Waals surface area contributed by atoms with Gasteiger partial charge in [0, 0.05) is 6.61 Å². The first-order valence-corrected chi connectivity index (χ1v) is 6.74. The lowest BCUT2D eigenvalue weighted by Crippen LogP contribution is -2.31. The second-order valence-electron chi connectivity index (χ2n) is 3.67. The molecule has 1 aromatic rings. The molecule has 0 amide bonds. The monoisotopic (exact) mass is 246 g/mol. The van der Waals surface area contributed by atoms with E-state index in [2.05, 4.69) is 19.9 Å². The van der Waals surface area contributed by atoms with Gasteiger partial charge in [-0.15, -0.1) is 0 Å². The fourth-order valence-corrected chi connectivity index (χ4v) is 2.80. The summed E-state index contributed by atoms with van der Waals surface area (Å²) in [6, 6.07) is 0. The van der Waals surface area contributed by atoms with E-state index in [1.807, 2.05) is 0 Å². The zero-order valence-corrected chi connectivity index (χ0v) is 9.53. The SMILES string of the molecule is O=S(=O)(CC1CCCO1)NCc1ncn[nH]1. The lowest BCUT2D eigenvalue weighted by Gasteiger charge is -2.10. The lowest BCUT2D eigenvalue weighted by atomic mass is 10.3. The zero-order valence-electron chi connectivity index (χ0n) is 8.72. The molecule has 8 heteroatoms. The molecule has 1 saturated heterocycles. The topological polar surface area (TPSA) is 97.0 Å². The van der Waals surface area contributed by atoms with Crippen molar-refractivity contribution in [1.29, 1.82) is 0 Å². The molecule has 0 radical (unpaired) electrons. The van der Waals surface area contributed by atoms with Crippen LogP contribution >= 0.6 is 0 Å². The first-order chi connectivity index (χ1) is 7.66. The molecule has 2 N–H and O–H groups in total. The summed E-state index contributed by atoms with van der Waals surface area (Å²) >= 11 is 0. The number of hydrogen-bond acceptors (Lipinski definition) is 5. The van der Waals surface area contributed by atoms with Crippen LogP contribution in [-0.2, 0) is 21.3 Å². The third-order valence-electron chi connectivity index (χ3n) is 2.35. The number of hydrogen-bond donors (Lipinski definition) is 2. The number of aromatic amines is 1. The second-order valence-corrected chi connectivity index (χ2v) is 5.52. The molecule has 0 spiro atoms. The van der Waals surface area contributed by atoms with E-state index >= 15 is 0 Å². The standard InChI is InChI=1S/C8H14N4O3S/c13-16(14,5-7-2-1-3-15-7)11-4-8-9-6-10-12-8/h6-7,11H,1-5H2,(H,9,10,12). The van der Waals surface area contributed by atoms with Gasteiger partial charge in [0.15, 0.2) is 0 Å². The zero-order chi connectivity index (χ0) is 11.4. The first-order valence-electron chi connectivity index (χ1n) is 5.09. The van der Waals surface area contributed by atoms with Crippen molar-refractivity contribution >= 4 is 10.0 Å². The van der Waals surface area contributed by atoms with Crippen LogP contribution in [0.4, 0.5) is 0 Å². The largest absolute Gasteiger partial charge is 0.377 e. The predicted molar refractivity (Wildman–Crippen MR) is 56.0 cm³/mol. The highest BCUT2D eigenvalue weighted by Crippen LogP contribution is 2.13. The van der Waals surface area contributed by atoms with E-state index in [1.54, 1.807) is 0 Å². The Morgan fingerprint density at radius 2 is 2.50 bits per heavy atom. The third-order valence-corrected chi connectivity index (χ3v) is 3.75. The molecule has 1 aliphatic rings. The highest BCUT2D eigenvalue weighted by Gasteiger charge is 2.23. The maximum Gasteiger partial charge on any atom is 0.214 e. The third kappa shape index (κ3) is 3.26. The second kappa shape index (κ2) is 4.89. The molecule has 0 aromatic carbocycles. The van der Waals surface area contributed by atoms with Crippen molar-refractivity contribution in [3.8, 4) is 0 Å². The number of rotatable bonds is 5. The molecule has 16 heavy (non-hydrogen) atoms. The minimum atomic E-state index is -3.30. The molecular weight excluding hydrogens is 232 g/mol. The Morgan fingerprint density at radius 1 is 1.62 bits per heavy atom. The van der Waals surface area contributed by atoms with Crippen LogP contribution in [-0.4, -0.2) is 42.1 Å². The number of aromatic nitrogens is 3. The molecular formula is C8H14N4O3S. The van der Waals surface area contributed by atoms with E-state index in [-0.39, 0.29) is 18.4 Å². The van der Waals surface area contributed by atoms with Crippen LogP contribution in [0.5, 0.6) is 0 Å². The average Bonchev–Trinajstić information content (AvgIpc) is 2.85. The van der Waals surface area contributed by atoms with Gasteiger partial charge in [0.05, 0.1) is 18.4 Å². The Labute approximate surface area is 93.7 Å². The van der Waals surface area contributed by atoms with Gasteiger partial charge in [-0.3, -0.25) is 5.10 Å². The van der Waals surface area contributed by atoms with Crippen molar-refractivity contribution in [2.45, 2.75) is 25.5 Å². The Balaban J connectivity index is 1.82. The van der Waals surface area contributed by atoms with Gasteiger partial charge in [0.2, 0.25) is 10.0 Å². The summed E-state index contributed by atoms with van der Waals surface area (Å²) in [5, 5.41) is 6.21. The van der Waals surface area contributed by atoms with E-state index in [0.29, 0.717) is 12.4 Å². The van der Waals surface area contributed by atoms with Crippen LogP contribution in [0.3, 0.4) is 0 Å². The van der Waals surface area contributed by atoms with Crippen molar-refractivity contribution in [3.05, 3.63) is 12.2 Å². The molecule has 1 atom stereocenters. The van der Waals surface area contributed by atoms with Crippen LogP contribution in [0.15, 0.2) is 6.33 Å². The molecule has 0 bridgehead atoms. The van der Waals surface area contributed by atoms with Gasteiger partial charge < -0.3 is 4.74 Å². The van der Waals surface area contributed by atoms with E-state index in [1.165, 1.54) is 6.33 Å². The number of sulfonamides is 1. The van der Waals surface area contributed by atoms with Crippen molar-refractivity contribution in [2.24, 2.45) is 0 Å². The van der Waals surface area contributed by atoms with Crippen LogP contribution in [0, 0.1) is 0 Å². The summed E-state index contributed by atoms with van der Waals surface area (Å²) in [6.07, 6.45) is 2.90. The fraction of sp³-hybridized carbons (Fsp3) is 0.750. The molecule has 2 heterocycles. The highest BCUT2D eigenvalue weighted by atomic mass is 32.2. The Bertz CT molecular complexity index is 411. The highest BCUT2D eigenvalue weighted by molar-refractivity contribution is 7.89. The lowest BCUT2D eigenvalue weighted by molar-refractivity contribution is 0.127. The summed E-state index contributed by atoms with van der Waals surface area (Å²) in [5.41, 5.74) is 0. The van der Waals surface area contributed by atoms with E-state index < -0.39 is 10.0 Å². The summed E-state index contributed by atoms with van der Waals surface area (Å²) in [5.74, 6) is 0.511. The maximum atomic E-state index is 11.6. The van der Waals surface area contributed by atoms with Crippen LogP contribution < -0.4 is 4.72 Å². The Hall–Kier alpha value is -0.990. The molecule has 1 fully saturated rings. The summed E-state index contributed by atoms with van der Waals surface area (Å²) in [6.45, 7) is 0.789. The van der Waals surface area contributed by atoms with Crippen molar-refractivity contribution < 1.29 is 13.2 Å². The van der Waals surface area contributed by atoms with Crippen molar-refractivity contribution in [1.82, 2.24) is 19.9 Å². The Morgan fingerprint density at radius 3 is 3.12 bits per heavy atom. The molecule has 90 valence electrons. The number of ether oxygens (including phenoxy) is 1. The van der Waals surface area contributed by atoms with Gasteiger partial charge >= 0.3 is 0 Å². The van der Waals surface area contributed by atoms with Gasteiger partial charge in [-0.2, -0.15) is 5.10 Å². The van der Waals surface area contributed by atoms with E-state index in [4.69, 9.17) is 4.74 Å². The normalized spacial score (nSPS) is 21.4. The van der Waals surface area contributed by atoms with E-state index in [0.717, 1.165) is 12.8 Å². The van der Waals surface area contributed by atoms with Crippen LogP contribution in [0.25, 0.3) is 0 Å². The fourth-order valence-electron chi connectivity index (χ4n) is 1.57. The molecule has 1 unspecified atom stereocenters. The van der Waals surface area contributed by atoms with Crippen molar-refractivity contribution in [3.63, 3.8) is 0 Å². The van der Waals surface area contributed by atoms with E-state index in [9.17, 15) is 8.42 Å². The van der Waals surface area contributed by atoms with Gasteiger partial charge in [0.25, 0.3) is 0 Å². The number of nitrogens with one attached hydrogen (secondary N) is 2. The number of H-pyrrole nitrogens is 1. The summed E-state index contributed by atoms with van der Waals surface area (Å²) in [7, 11) is -3.30. The molecule has 1 aliphatic heterocycles. The molecule has 0 aliphatic carbocycles. The first kappa shape index (κ1) is 11.5. The summed E-state index contributed by atoms with van der Waals surface area (Å²) in [4.78, 5) is 3.83. The van der Waals surface area contributed by atoms with Crippen molar-refractivity contribution in [2.75, 3.05) is 12.4 Å². The minimum absolute atomic E-state index is 0.0150. The number of nitrogens with zero attached hydrogens (tertiary/aromatic N) is 2. The quantitative estimate of drug-likeness (QED) is 0.723. The smallest absolute Gasteiger partial charge is 0.214 e. The van der Waals surface area contributed by atoms with Gasteiger partial charge in [-0.05, 0) is 12.8 Å². The van der Waals surface area contributed by atoms with Gasteiger partial charge in [-0.1, -0.05) is 0 Å². The Kier molecular flexibility index (Phi) is 3.52. The molecule has 7 nitrogen and oxygen atoms in total. The predicted octanol–water partition coefficient (Wildman–Crippen LogP) is -0.597. The summed E-state index contributed by atoms with van der Waals surface area (Å²) < 4.78 is 31.0. The molecule has 0 saturated carbocycles.